The third-order valence-corrected chi connectivity index (χ3v) is 4.04. The van der Waals surface area contributed by atoms with Gasteiger partial charge in [-0.25, -0.2) is 4.98 Å². The Morgan fingerprint density at radius 1 is 1.31 bits per heavy atom. The zero-order valence-electron chi connectivity index (χ0n) is 8.43. The maximum atomic E-state index is 7.62. The number of nitrogens with zero attached hydrogens (tertiary/aromatic N) is 2. The molecule has 1 N–H and O–H groups in total. The molecule has 0 amide bonds. The van der Waals surface area contributed by atoms with Gasteiger partial charge in [0.05, 0.1) is 5.88 Å². The molecule has 1 aromatic heterocycles. The molecule has 0 spiro atoms. The van der Waals surface area contributed by atoms with Crippen LogP contribution in [0.15, 0.2) is 52.1 Å². The lowest BCUT2D eigenvalue weighted by Crippen LogP contribution is -2.20. The standard InChI is InChI=1S/C11H10BrN3S/c12-9-4-1-2-5-10(9)16-8-15-7-3-6-14-11(15)13/h1-7,13H,8H2. The van der Waals surface area contributed by atoms with Crippen molar-refractivity contribution in [3.63, 3.8) is 0 Å². The minimum absolute atomic E-state index is 0.280. The lowest BCUT2D eigenvalue weighted by molar-refractivity contribution is 0.748. The normalized spacial score (nSPS) is 10.3. The Bertz CT molecular complexity index is 539. The van der Waals surface area contributed by atoms with E-state index >= 15 is 0 Å². The van der Waals surface area contributed by atoms with Crippen LogP contribution < -0.4 is 5.62 Å². The van der Waals surface area contributed by atoms with Crippen LogP contribution in [0.1, 0.15) is 0 Å². The molecule has 0 aliphatic carbocycles. The molecule has 0 aliphatic heterocycles. The molecular formula is C11H10BrN3S. The van der Waals surface area contributed by atoms with Crippen molar-refractivity contribution in [3.05, 3.63) is 52.8 Å². The molecule has 16 heavy (non-hydrogen) atoms. The number of thioether (sulfide) groups is 1. The van der Waals surface area contributed by atoms with E-state index in [2.05, 4.69) is 27.0 Å². The molecule has 2 aromatic rings. The highest BCUT2D eigenvalue weighted by molar-refractivity contribution is 9.10. The zero-order valence-corrected chi connectivity index (χ0v) is 10.8. The van der Waals surface area contributed by atoms with Crippen LogP contribution in [0, 0.1) is 5.41 Å². The van der Waals surface area contributed by atoms with Gasteiger partial charge in [-0.3, -0.25) is 5.41 Å². The molecule has 0 unspecified atom stereocenters. The van der Waals surface area contributed by atoms with Crippen molar-refractivity contribution in [1.29, 1.82) is 5.41 Å². The van der Waals surface area contributed by atoms with Crippen LogP contribution >= 0.6 is 27.7 Å². The highest BCUT2D eigenvalue weighted by Gasteiger charge is 1.99. The van der Waals surface area contributed by atoms with E-state index in [0.717, 1.165) is 4.47 Å². The molecule has 0 bridgehead atoms. The number of aromatic nitrogens is 2. The molecule has 82 valence electrons. The minimum atomic E-state index is 0.280. The Balaban J connectivity index is 2.12. The SMILES string of the molecule is N=c1ncccn1CSc1ccccc1Br. The van der Waals surface area contributed by atoms with Crippen molar-refractivity contribution < 1.29 is 0 Å². The smallest absolute Gasteiger partial charge is 0.222 e. The minimum Gasteiger partial charge on any atom is -0.308 e. The molecule has 5 heteroatoms. The van der Waals surface area contributed by atoms with E-state index in [1.807, 2.05) is 30.5 Å². The van der Waals surface area contributed by atoms with Gasteiger partial charge in [0.1, 0.15) is 0 Å². The monoisotopic (exact) mass is 295 g/mol. The second-order valence-corrected chi connectivity index (χ2v) is 4.96. The number of rotatable bonds is 3. The molecular weight excluding hydrogens is 286 g/mol. The van der Waals surface area contributed by atoms with Crippen LogP contribution in [0.2, 0.25) is 0 Å². The average molecular weight is 296 g/mol. The number of hydrogen-bond donors (Lipinski definition) is 1. The summed E-state index contributed by atoms with van der Waals surface area (Å²) < 4.78 is 2.88. The fourth-order valence-electron chi connectivity index (χ4n) is 1.21. The lowest BCUT2D eigenvalue weighted by Gasteiger charge is -2.06. The maximum Gasteiger partial charge on any atom is 0.222 e. The first-order valence-electron chi connectivity index (χ1n) is 4.71. The van der Waals surface area contributed by atoms with Crippen molar-refractivity contribution in [2.45, 2.75) is 10.8 Å². The summed E-state index contributed by atoms with van der Waals surface area (Å²) in [6.07, 6.45) is 3.49. The molecule has 0 aliphatic rings. The van der Waals surface area contributed by atoms with Crippen LogP contribution in [-0.4, -0.2) is 9.55 Å². The van der Waals surface area contributed by atoms with Crippen molar-refractivity contribution in [2.75, 3.05) is 0 Å². The average Bonchev–Trinajstić information content (AvgIpc) is 2.30. The van der Waals surface area contributed by atoms with Gasteiger partial charge in [0.15, 0.2) is 0 Å². The maximum absolute atomic E-state index is 7.62. The largest absolute Gasteiger partial charge is 0.308 e. The fourth-order valence-corrected chi connectivity index (χ4v) is 2.70. The molecule has 0 atom stereocenters. The van der Waals surface area contributed by atoms with Gasteiger partial charge in [-0.2, -0.15) is 0 Å². The number of halogens is 1. The van der Waals surface area contributed by atoms with Crippen LogP contribution in [0.4, 0.5) is 0 Å². The van der Waals surface area contributed by atoms with E-state index in [-0.39, 0.29) is 5.62 Å². The highest BCUT2D eigenvalue weighted by Crippen LogP contribution is 2.27. The van der Waals surface area contributed by atoms with Crippen molar-refractivity contribution >= 4 is 27.7 Å². The summed E-state index contributed by atoms with van der Waals surface area (Å²) in [5.41, 5.74) is 0.280. The number of hydrogen-bond acceptors (Lipinski definition) is 3. The summed E-state index contributed by atoms with van der Waals surface area (Å²) in [5, 5.41) is 7.62. The Morgan fingerprint density at radius 2 is 2.12 bits per heavy atom. The topological polar surface area (TPSA) is 41.7 Å². The zero-order chi connectivity index (χ0) is 11.4. The van der Waals surface area contributed by atoms with Crippen LogP contribution in [0.5, 0.6) is 0 Å². The second kappa shape index (κ2) is 5.32. The quantitative estimate of drug-likeness (QED) is 0.885. The van der Waals surface area contributed by atoms with Gasteiger partial charge in [-0.05, 0) is 34.1 Å². The van der Waals surface area contributed by atoms with E-state index in [1.54, 1.807) is 22.5 Å². The Labute approximate surface area is 106 Å². The van der Waals surface area contributed by atoms with Crippen molar-refractivity contribution in [3.8, 4) is 0 Å². The van der Waals surface area contributed by atoms with E-state index in [4.69, 9.17) is 5.41 Å². The lowest BCUT2D eigenvalue weighted by atomic mass is 10.4. The van der Waals surface area contributed by atoms with E-state index in [0.29, 0.717) is 5.88 Å². The van der Waals surface area contributed by atoms with Gasteiger partial charge in [0.25, 0.3) is 0 Å². The molecule has 0 saturated heterocycles. The molecule has 1 heterocycles. The van der Waals surface area contributed by atoms with E-state index < -0.39 is 0 Å². The number of nitrogens with one attached hydrogen (secondary N) is 1. The predicted octanol–water partition coefficient (Wildman–Crippen LogP) is 2.87. The fraction of sp³-hybridized carbons (Fsp3) is 0.0909. The van der Waals surface area contributed by atoms with Crippen LogP contribution in [0.3, 0.4) is 0 Å². The molecule has 3 nitrogen and oxygen atoms in total. The second-order valence-electron chi connectivity index (χ2n) is 3.12. The number of benzene rings is 1. The molecule has 1 aromatic carbocycles. The third kappa shape index (κ3) is 2.74. The third-order valence-electron chi connectivity index (χ3n) is 2.02. The van der Waals surface area contributed by atoms with Gasteiger partial charge >= 0.3 is 0 Å². The van der Waals surface area contributed by atoms with Gasteiger partial charge in [0.2, 0.25) is 5.62 Å². The van der Waals surface area contributed by atoms with Gasteiger partial charge in [0, 0.05) is 21.8 Å². The van der Waals surface area contributed by atoms with Crippen LogP contribution in [0.25, 0.3) is 0 Å². The molecule has 0 fully saturated rings. The summed E-state index contributed by atoms with van der Waals surface area (Å²) in [4.78, 5) is 5.08. The first kappa shape index (κ1) is 11.4. The Kier molecular flexibility index (Phi) is 3.79. The summed E-state index contributed by atoms with van der Waals surface area (Å²) in [6, 6.07) is 9.88. The van der Waals surface area contributed by atoms with Crippen molar-refractivity contribution in [1.82, 2.24) is 9.55 Å². The molecule has 0 radical (unpaired) electrons. The van der Waals surface area contributed by atoms with Gasteiger partial charge in [-0.15, -0.1) is 11.8 Å². The molecule has 0 saturated carbocycles. The summed E-state index contributed by atoms with van der Waals surface area (Å²) in [6.45, 7) is 0. The highest BCUT2D eigenvalue weighted by atomic mass is 79.9. The van der Waals surface area contributed by atoms with Crippen molar-refractivity contribution in [2.24, 2.45) is 0 Å². The summed E-state index contributed by atoms with van der Waals surface area (Å²) >= 11 is 5.17. The Hall–Kier alpha value is -1.07. The first-order chi connectivity index (χ1) is 7.77. The predicted molar refractivity (Wildman–Crippen MR) is 68.1 cm³/mol. The summed E-state index contributed by atoms with van der Waals surface area (Å²) in [5.74, 6) is 0.690. The Morgan fingerprint density at radius 3 is 2.88 bits per heavy atom. The van der Waals surface area contributed by atoms with E-state index in [1.165, 1.54) is 4.90 Å². The van der Waals surface area contributed by atoms with Gasteiger partial charge < -0.3 is 4.57 Å². The first-order valence-corrected chi connectivity index (χ1v) is 6.48. The summed E-state index contributed by atoms with van der Waals surface area (Å²) in [7, 11) is 0. The van der Waals surface area contributed by atoms with Gasteiger partial charge in [-0.1, -0.05) is 12.1 Å². The molecule has 2 rings (SSSR count). The van der Waals surface area contributed by atoms with E-state index in [9.17, 15) is 0 Å². The van der Waals surface area contributed by atoms with Crippen LogP contribution in [-0.2, 0) is 5.88 Å².